The van der Waals surface area contributed by atoms with E-state index in [9.17, 15) is 4.79 Å². The van der Waals surface area contributed by atoms with Crippen molar-refractivity contribution in [2.75, 3.05) is 26.2 Å². The number of hydrogen-bond donors (Lipinski definition) is 1. The van der Waals surface area contributed by atoms with Crippen molar-refractivity contribution in [3.63, 3.8) is 0 Å². The summed E-state index contributed by atoms with van der Waals surface area (Å²) in [6, 6.07) is 5.88. The van der Waals surface area contributed by atoms with Crippen LogP contribution in [0.3, 0.4) is 0 Å². The van der Waals surface area contributed by atoms with Crippen LogP contribution >= 0.6 is 0 Å². The number of aromatic nitrogens is 2. The molecule has 0 saturated carbocycles. The standard InChI is InChI=1S/C13H16N4O/c1-10-3-2-4-12-11(9-15-17(10)12)13(18)16-7-5-14-6-8-16/h2-4,9,14H,5-8H2,1H3. The number of aryl methyl sites for hydroxylation is 1. The van der Waals surface area contributed by atoms with E-state index >= 15 is 0 Å². The van der Waals surface area contributed by atoms with Gasteiger partial charge in [-0.25, -0.2) is 4.52 Å². The predicted octanol–water partition coefficient (Wildman–Crippen LogP) is 0.688. The van der Waals surface area contributed by atoms with Crippen LogP contribution in [0.15, 0.2) is 24.4 Å². The van der Waals surface area contributed by atoms with Crippen LogP contribution in [0, 0.1) is 6.92 Å². The van der Waals surface area contributed by atoms with E-state index in [0.29, 0.717) is 5.56 Å². The van der Waals surface area contributed by atoms with Crippen LogP contribution in [-0.4, -0.2) is 46.6 Å². The molecule has 1 aliphatic rings. The van der Waals surface area contributed by atoms with Crippen molar-refractivity contribution in [1.29, 1.82) is 0 Å². The van der Waals surface area contributed by atoms with Gasteiger partial charge in [0.15, 0.2) is 0 Å². The van der Waals surface area contributed by atoms with Crippen molar-refractivity contribution < 1.29 is 4.79 Å². The minimum absolute atomic E-state index is 0.0806. The fourth-order valence-corrected chi connectivity index (χ4v) is 2.35. The number of rotatable bonds is 1. The van der Waals surface area contributed by atoms with E-state index in [0.717, 1.165) is 37.4 Å². The summed E-state index contributed by atoms with van der Waals surface area (Å²) in [7, 11) is 0. The smallest absolute Gasteiger partial charge is 0.257 e. The van der Waals surface area contributed by atoms with E-state index in [4.69, 9.17) is 0 Å². The van der Waals surface area contributed by atoms with Gasteiger partial charge in [-0.15, -0.1) is 0 Å². The zero-order valence-electron chi connectivity index (χ0n) is 10.4. The van der Waals surface area contributed by atoms with E-state index < -0.39 is 0 Å². The first-order valence-corrected chi connectivity index (χ1v) is 6.21. The molecule has 0 radical (unpaired) electrons. The van der Waals surface area contributed by atoms with Crippen molar-refractivity contribution in [1.82, 2.24) is 19.8 Å². The normalized spacial score (nSPS) is 16.2. The van der Waals surface area contributed by atoms with Gasteiger partial charge >= 0.3 is 0 Å². The summed E-state index contributed by atoms with van der Waals surface area (Å²) >= 11 is 0. The molecule has 1 amide bonds. The van der Waals surface area contributed by atoms with Gasteiger partial charge in [-0.2, -0.15) is 5.10 Å². The van der Waals surface area contributed by atoms with E-state index in [2.05, 4.69) is 10.4 Å². The van der Waals surface area contributed by atoms with Crippen LogP contribution < -0.4 is 5.32 Å². The van der Waals surface area contributed by atoms with E-state index in [1.165, 1.54) is 0 Å². The molecule has 0 spiro atoms. The molecule has 1 N–H and O–H groups in total. The van der Waals surface area contributed by atoms with Gasteiger partial charge in [-0.05, 0) is 19.1 Å². The molecule has 0 unspecified atom stereocenters. The molecule has 2 aromatic heterocycles. The number of carbonyl (C=O) groups excluding carboxylic acids is 1. The van der Waals surface area contributed by atoms with Gasteiger partial charge in [0.25, 0.3) is 5.91 Å². The maximum Gasteiger partial charge on any atom is 0.257 e. The molecule has 5 nitrogen and oxygen atoms in total. The fraction of sp³-hybridized carbons (Fsp3) is 0.385. The fourth-order valence-electron chi connectivity index (χ4n) is 2.35. The highest BCUT2D eigenvalue weighted by atomic mass is 16.2. The third-order valence-corrected chi connectivity index (χ3v) is 3.37. The highest BCUT2D eigenvalue weighted by Crippen LogP contribution is 2.15. The molecule has 3 rings (SSSR count). The average Bonchev–Trinajstić information content (AvgIpc) is 2.84. The van der Waals surface area contributed by atoms with Crippen molar-refractivity contribution in [2.45, 2.75) is 6.92 Å². The Balaban J connectivity index is 1.98. The number of amides is 1. The number of pyridine rings is 1. The molecule has 1 saturated heterocycles. The lowest BCUT2D eigenvalue weighted by molar-refractivity contribution is 0.0738. The number of hydrogen-bond acceptors (Lipinski definition) is 3. The maximum atomic E-state index is 12.4. The molecule has 0 atom stereocenters. The van der Waals surface area contributed by atoms with Gasteiger partial charge in [0.05, 0.1) is 17.3 Å². The summed E-state index contributed by atoms with van der Waals surface area (Å²) in [6.07, 6.45) is 1.67. The molecule has 94 valence electrons. The van der Waals surface area contributed by atoms with Crippen molar-refractivity contribution >= 4 is 11.4 Å². The van der Waals surface area contributed by atoms with Crippen molar-refractivity contribution in [3.8, 4) is 0 Å². The number of nitrogens with one attached hydrogen (secondary N) is 1. The minimum Gasteiger partial charge on any atom is -0.336 e. The summed E-state index contributed by atoms with van der Waals surface area (Å²) in [5.74, 6) is 0.0806. The van der Waals surface area contributed by atoms with Crippen LogP contribution in [0.2, 0.25) is 0 Å². The number of fused-ring (bicyclic) bond motifs is 1. The second-order valence-corrected chi connectivity index (χ2v) is 4.56. The SMILES string of the molecule is Cc1cccc2c(C(=O)N3CCNCC3)cnn12. The molecule has 18 heavy (non-hydrogen) atoms. The molecule has 1 fully saturated rings. The summed E-state index contributed by atoms with van der Waals surface area (Å²) in [6.45, 7) is 5.25. The molecule has 2 aromatic rings. The van der Waals surface area contributed by atoms with Gasteiger partial charge in [0.1, 0.15) is 0 Å². The first-order valence-electron chi connectivity index (χ1n) is 6.21. The molecule has 0 aromatic carbocycles. The van der Waals surface area contributed by atoms with Crippen LogP contribution in [-0.2, 0) is 0 Å². The van der Waals surface area contributed by atoms with Crippen LogP contribution in [0.5, 0.6) is 0 Å². The molecule has 3 heterocycles. The van der Waals surface area contributed by atoms with E-state index in [-0.39, 0.29) is 5.91 Å². The molecule has 0 aliphatic carbocycles. The Kier molecular flexibility index (Phi) is 2.76. The lowest BCUT2D eigenvalue weighted by atomic mass is 10.2. The number of nitrogens with zero attached hydrogens (tertiary/aromatic N) is 3. The van der Waals surface area contributed by atoms with Gasteiger partial charge < -0.3 is 10.2 Å². The first kappa shape index (κ1) is 11.2. The van der Waals surface area contributed by atoms with E-state index in [1.54, 1.807) is 6.20 Å². The summed E-state index contributed by atoms with van der Waals surface area (Å²) in [4.78, 5) is 14.3. The van der Waals surface area contributed by atoms with Gasteiger partial charge in [0, 0.05) is 31.9 Å². The Hall–Kier alpha value is -1.88. The maximum absolute atomic E-state index is 12.4. The van der Waals surface area contributed by atoms with Crippen molar-refractivity contribution in [3.05, 3.63) is 35.7 Å². The first-order chi connectivity index (χ1) is 8.77. The molecular weight excluding hydrogens is 228 g/mol. The van der Waals surface area contributed by atoms with Crippen LogP contribution in [0.1, 0.15) is 16.1 Å². The van der Waals surface area contributed by atoms with Gasteiger partial charge in [-0.3, -0.25) is 4.79 Å². The quantitative estimate of drug-likeness (QED) is 0.803. The lowest BCUT2D eigenvalue weighted by Crippen LogP contribution is -2.46. The van der Waals surface area contributed by atoms with Crippen LogP contribution in [0.25, 0.3) is 5.52 Å². The average molecular weight is 244 g/mol. The number of carbonyl (C=O) groups is 1. The van der Waals surface area contributed by atoms with Gasteiger partial charge in [-0.1, -0.05) is 6.07 Å². The topological polar surface area (TPSA) is 49.6 Å². The minimum atomic E-state index is 0.0806. The Labute approximate surface area is 105 Å². The third kappa shape index (κ3) is 1.76. The summed E-state index contributed by atoms with van der Waals surface area (Å²) < 4.78 is 1.81. The largest absolute Gasteiger partial charge is 0.336 e. The summed E-state index contributed by atoms with van der Waals surface area (Å²) in [5.41, 5.74) is 2.62. The zero-order chi connectivity index (χ0) is 12.5. The third-order valence-electron chi connectivity index (χ3n) is 3.37. The molecule has 1 aliphatic heterocycles. The highest BCUT2D eigenvalue weighted by Gasteiger charge is 2.21. The second-order valence-electron chi connectivity index (χ2n) is 4.56. The Morgan fingerprint density at radius 3 is 2.89 bits per heavy atom. The molecular formula is C13H16N4O. The molecule has 5 heteroatoms. The highest BCUT2D eigenvalue weighted by molar-refractivity contribution is 6.00. The lowest BCUT2D eigenvalue weighted by Gasteiger charge is -2.27. The Morgan fingerprint density at radius 2 is 2.11 bits per heavy atom. The van der Waals surface area contributed by atoms with Crippen molar-refractivity contribution in [2.24, 2.45) is 0 Å². The second kappa shape index (κ2) is 4.42. The zero-order valence-corrected chi connectivity index (χ0v) is 10.4. The Bertz CT molecular complexity index is 584. The number of piperazine rings is 1. The Morgan fingerprint density at radius 1 is 1.33 bits per heavy atom. The molecule has 0 bridgehead atoms. The predicted molar refractivity (Wildman–Crippen MR) is 68.7 cm³/mol. The monoisotopic (exact) mass is 244 g/mol. The van der Waals surface area contributed by atoms with E-state index in [1.807, 2.05) is 34.5 Å². The van der Waals surface area contributed by atoms with Crippen LogP contribution in [0.4, 0.5) is 0 Å². The van der Waals surface area contributed by atoms with Gasteiger partial charge in [0.2, 0.25) is 0 Å². The summed E-state index contributed by atoms with van der Waals surface area (Å²) in [5, 5.41) is 7.53.